The average Bonchev–Trinajstić information content (AvgIpc) is 2.84. The van der Waals surface area contributed by atoms with Crippen molar-refractivity contribution in [1.29, 1.82) is 0 Å². The van der Waals surface area contributed by atoms with E-state index < -0.39 is 0 Å². The summed E-state index contributed by atoms with van der Waals surface area (Å²) < 4.78 is 5.44. The number of likely N-dealkylation sites (tertiary alicyclic amines) is 1. The van der Waals surface area contributed by atoms with Crippen LogP contribution in [0.2, 0.25) is 0 Å². The highest BCUT2D eigenvalue weighted by molar-refractivity contribution is 5.78. The number of rotatable bonds is 3. The fourth-order valence-electron chi connectivity index (χ4n) is 2.46. The summed E-state index contributed by atoms with van der Waals surface area (Å²) in [4.78, 5) is 14.0. The predicted molar refractivity (Wildman–Crippen MR) is 65.3 cm³/mol. The molecule has 4 heteroatoms. The van der Waals surface area contributed by atoms with Crippen LogP contribution >= 0.6 is 0 Å². The monoisotopic (exact) mass is 236 g/mol. The Bertz CT molecular complexity index is 375. The van der Waals surface area contributed by atoms with Crippen LogP contribution in [-0.2, 0) is 4.79 Å². The molecule has 2 heterocycles. The number of amides is 1. The van der Waals surface area contributed by atoms with Crippen LogP contribution in [0.1, 0.15) is 44.9 Å². The standard InChI is InChI=1S/C13H20N2O2/c1-3-9(2)15-12(16)7-6-10(14)13(15)11-5-4-8-17-11/h4-5,8-10,13H,3,6-7,14H2,1-2H3. The summed E-state index contributed by atoms with van der Waals surface area (Å²) in [6.45, 7) is 4.14. The number of piperidine rings is 1. The molecule has 3 atom stereocenters. The van der Waals surface area contributed by atoms with E-state index in [1.807, 2.05) is 17.0 Å². The molecule has 2 N–H and O–H groups in total. The van der Waals surface area contributed by atoms with Gasteiger partial charge in [-0.1, -0.05) is 6.92 Å². The SMILES string of the molecule is CCC(C)N1C(=O)CCC(N)C1c1ccco1. The van der Waals surface area contributed by atoms with E-state index in [1.165, 1.54) is 0 Å². The van der Waals surface area contributed by atoms with Crippen LogP contribution in [0.15, 0.2) is 22.8 Å². The molecule has 1 aliphatic rings. The minimum Gasteiger partial charge on any atom is -0.467 e. The maximum atomic E-state index is 12.1. The molecule has 94 valence electrons. The van der Waals surface area contributed by atoms with Crippen molar-refractivity contribution in [3.8, 4) is 0 Å². The van der Waals surface area contributed by atoms with E-state index in [-0.39, 0.29) is 24.0 Å². The topological polar surface area (TPSA) is 59.5 Å². The Hall–Kier alpha value is -1.29. The summed E-state index contributed by atoms with van der Waals surface area (Å²) in [5.41, 5.74) is 6.16. The Kier molecular flexibility index (Phi) is 3.52. The van der Waals surface area contributed by atoms with Gasteiger partial charge in [-0.2, -0.15) is 0 Å². The van der Waals surface area contributed by atoms with E-state index in [0.29, 0.717) is 6.42 Å². The van der Waals surface area contributed by atoms with Gasteiger partial charge in [0.1, 0.15) is 11.8 Å². The van der Waals surface area contributed by atoms with Crippen molar-refractivity contribution in [2.24, 2.45) is 5.73 Å². The van der Waals surface area contributed by atoms with Crippen molar-refractivity contribution < 1.29 is 9.21 Å². The molecule has 1 saturated heterocycles. The first-order chi connectivity index (χ1) is 8.15. The second-order valence-corrected chi connectivity index (χ2v) is 4.72. The number of hydrogen-bond donors (Lipinski definition) is 1. The minimum atomic E-state index is -0.110. The predicted octanol–water partition coefficient (Wildman–Crippen LogP) is 2.07. The summed E-state index contributed by atoms with van der Waals surface area (Å²) >= 11 is 0. The van der Waals surface area contributed by atoms with Crippen LogP contribution in [0.4, 0.5) is 0 Å². The van der Waals surface area contributed by atoms with Crippen LogP contribution in [0.25, 0.3) is 0 Å². The van der Waals surface area contributed by atoms with Crippen LogP contribution in [-0.4, -0.2) is 22.9 Å². The van der Waals surface area contributed by atoms with Crippen LogP contribution in [0.5, 0.6) is 0 Å². The zero-order valence-electron chi connectivity index (χ0n) is 10.4. The molecule has 1 fully saturated rings. The van der Waals surface area contributed by atoms with E-state index in [0.717, 1.165) is 18.6 Å². The van der Waals surface area contributed by atoms with E-state index in [4.69, 9.17) is 10.2 Å². The van der Waals surface area contributed by atoms with Gasteiger partial charge in [-0.25, -0.2) is 0 Å². The molecule has 17 heavy (non-hydrogen) atoms. The van der Waals surface area contributed by atoms with E-state index in [1.54, 1.807) is 6.26 Å². The molecule has 0 aliphatic carbocycles. The van der Waals surface area contributed by atoms with Crippen molar-refractivity contribution in [3.05, 3.63) is 24.2 Å². The Labute approximate surface area is 102 Å². The second kappa shape index (κ2) is 4.92. The first-order valence-electron chi connectivity index (χ1n) is 6.25. The normalized spacial score (nSPS) is 27.2. The number of hydrogen-bond acceptors (Lipinski definition) is 3. The molecule has 4 nitrogen and oxygen atoms in total. The van der Waals surface area contributed by atoms with Crippen molar-refractivity contribution in [2.45, 2.75) is 51.2 Å². The van der Waals surface area contributed by atoms with E-state index in [2.05, 4.69) is 13.8 Å². The zero-order valence-corrected chi connectivity index (χ0v) is 10.4. The Morgan fingerprint density at radius 3 is 3.00 bits per heavy atom. The average molecular weight is 236 g/mol. The third kappa shape index (κ3) is 2.22. The smallest absolute Gasteiger partial charge is 0.223 e. The van der Waals surface area contributed by atoms with E-state index >= 15 is 0 Å². The van der Waals surface area contributed by atoms with Crippen molar-refractivity contribution in [3.63, 3.8) is 0 Å². The lowest BCUT2D eigenvalue weighted by atomic mass is 9.92. The van der Waals surface area contributed by atoms with Crippen LogP contribution in [0.3, 0.4) is 0 Å². The molecule has 1 amide bonds. The fraction of sp³-hybridized carbons (Fsp3) is 0.615. The molecule has 1 aromatic heterocycles. The molecule has 0 bridgehead atoms. The molecule has 2 rings (SSSR count). The van der Waals surface area contributed by atoms with Gasteiger partial charge in [-0.3, -0.25) is 4.79 Å². The van der Waals surface area contributed by atoms with E-state index in [9.17, 15) is 4.79 Å². The number of nitrogens with two attached hydrogens (primary N) is 1. The summed E-state index contributed by atoms with van der Waals surface area (Å²) in [6, 6.07) is 3.80. The second-order valence-electron chi connectivity index (χ2n) is 4.72. The number of carbonyl (C=O) groups is 1. The molecular weight excluding hydrogens is 216 g/mol. The lowest BCUT2D eigenvalue weighted by Gasteiger charge is -2.41. The van der Waals surface area contributed by atoms with Crippen LogP contribution in [0, 0.1) is 0 Å². The van der Waals surface area contributed by atoms with Crippen molar-refractivity contribution in [1.82, 2.24) is 4.90 Å². The zero-order chi connectivity index (χ0) is 12.4. The summed E-state index contributed by atoms with van der Waals surface area (Å²) in [6.07, 6.45) is 3.84. The van der Waals surface area contributed by atoms with Gasteiger partial charge in [0.25, 0.3) is 0 Å². The Balaban J connectivity index is 2.31. The first-order valence-corrected chi connectivity index (χ1v) is 6.25. The molecule has 0 spiro atoms. The highest BCUT2D eigenvalue weighted by atomic mass is 16.3. The molecule has 0 saturated carbocycles. The third-order valence-corrected chi connectivity index (χ3v) is 3.59. The van der Waals surface area contributed by atoms with Gasteiger partial charge in [-0.15, -0.1) is 0 Å². The number of furan rings is 1. The lowest BCUT2D eigenvalue weighted by Crippen LogP contribution is -2.52. The Morgan fingerprint density at radius 2 is 2.41 bits per heavy atom. The quantitative estimate of drug-likeness (QED) is 0.874. The summed E-state index contributed by atoms with van der Waals surface area (Å²) in [7, 11) is 0. The molecular formula is C13H20N2O2. The van der Waals surface area contributed by atoms with Crippen LogP contribution < -0.4 is 5.73 Å². The minimum absolute atomic E-state index is 0.0344. The maximum absolute atomic E-state index is 12.1. The lowest BCUT2D eigenvalue weighted by molar-refractivity contribution is -0.140. The summed E-state index contributed by atoms with van der Waals surface area (Å²) in [5, 5.41) is 0. The van der Waals surface area contributed by atoms with Gasteiger partial charge in [0.05, 0.1) is 6.26 Å². The molecule has 3 unspecified atom stereocenters. The largest absolute Gasteiger partial charge is 0.467 e. The Morgan fingerprint density at radius 1 is 1.65 bits per heavy atom. The van der Waals surface area contributed by atoms with Gasteiger partial charge >= 0.3 is 0 Å². The molecule has 1 aliphatic heterocycles. The number of carbonyl (C=O) groups excluding carboxylic acids is 1. The van der Waals surface area contributed by atoms with Gasteiger partial charge < -0.3 is 15.1 Å². The van der Waals surface area contributed by atoms with Gasteiger partial charge in [0.15, 0.2) is 0 Å². The van der Waals surface area contributed by atoms with Gasteiger partial charge in [0.2, 0.25) is 5.91 Å². The molecule has 0 aromatic carbocycles. The number of nitrogens with zero attached hydrogens (tertiary/aromatic N) is 1. The van der Waals surface area contributed by atoms with Crippen molar-refractivity contribution >= 4 is 5.91 Å². The fourth-order valence-corrected chi connectivity index (χ4v) is 2.46. The molecule has 0 radical (unpaired) electrons. The van der Waals surface area contributed by atoms with Gasteiger partial charge in [-0.05, 0) is 31.9 Å². The highest BCUT2D eigenvalue weighted by Crippen LogP contribution is 2.33. The summed E-state index contributed by atoms with van der Waals surface area (Å²) in [5.74, 6) is 0.980. The van der Waals surface area contributed by atoms with Gasteiger partial charge in [0, 0.05) is 18.5 Å². The highest BCUT2D eigenvalue weighted by Gasteiger charge is 2.38. The molecule has 1 aromatic rings. The van der Waals surface area contributed by atoms with Crippen molar-refractivity contribution in [2.75, 3.05) is 0 Å². The third-order valence-electron chi connectivity index (χ3n) is 3.59. The first kappa shape index (κ1) is 12.2. The maximum Gasteiger partial charge on any atom is 0.223 e.